The Bertz CT molecular complexity index is 1040. The van der Waals surface area contributed by atoms with E-state index in [9.17, 15) is 4.79 Å². The second kappa shape index (κ2) is 10.00. The van der Waals surface area contributed by atoms with Crippen molar-refractivity contribution < 1.29 is 9.53 Å². The lowest BCUT2D eigenvalue weighted by atomic mass is 10.2. The van der Waals surface area contributed by atoms with Gasteiger partial charge >= 0.3 is 0 Å². The molecule has 158 valence electrons. The standard InChI is InChI=1S/C22H25ClN4O2S/c1-5-27-21(16(4)29-18-9-10-19(23)15(3)12-18)25-26-22(27)30-13-20(28)24-17-8-6-7-14(2)11-17/h6-12,16H,5,13H2,1-4H3,(H,24,28). The summed E-state index contributed by atoms with van der Waals surface area (Å²) in [6.07, 6.45) is -0.298. The van der Waals surface area contributed by atoms with Gasteiger partial charge in [0.05, 0.1) is 5.75 Å². The fourth-order valence-corrected chi connectivity index (χ4v) is 3.93. The number of aromatic nitrogens is 3. The smallest absolute Gasteiger partial charge is 0.234 e. The van der Waals surface area contributed by atoms with Gasteiger partial charge in [-0.2, -0.15) is 0 Å². The Hall–Kier alpha value is -2.51. The van der Waals surface area contributed by atoms with E-state index in [0.29, 0.717) is 22.5 Å². The van der Waals surface area contributed by atoms with Gasteiger partial charge < -0.3 is 14.6 Å². The summed E-state index contributed by atoms with van der Waals surface area (Å²) in [5.74, 6) is 1.60. The molecular formula is C22H25ClN4O2S. The molecule has 0 radical (unpaired) electrons. The van der Waals surface area contributed by atoms with Crippen LogP contribution in [0.5, 0.6) is 5.75 Å². The van der Waals surface area contributed by atoms with Gasteiger partial charge in [-0.25, -0.2) is 0 Å². The molecule has 0 spiro atoms. The monoisotopic (exact) mass is 444 g/mol. The van der Waals surface area contributed by atoms with Crippen LogP contribution in [0.4, 0.5) is 5.69 Å². The van der Waals surface area contributed by atoms with Crippen molar-refractivity contribution in [3.8, 4) is 5.75 Å². The molecule has 3 rings (SSSR count). The summed E-state index contributed by atoms with van der Waals surface area (Å²) < 4.78 is 8.01. The molecule has 0 aliphatic rings. The molecule has 0 fully saturated rings. The lowest BCUT2D eigenvalue weighted by molar-refractivity contribution is -0.113. The van der Waals surface area contributed by atoms with E-state index in [-0.39, 0.29) is 17.8 Å². The number of ether oxygens (including phenoxy) is 1. The predicted octanol–water partition coefficient (Wildman–Crippen LogP) is 5.44. The highest BCUT2D eigenvalue weighted by Gasteiger charge is 2.19. The number of carbonyl (C=O) groups excluding carboxylic acids is 1. The summed E-state index contributed by atoms with van der Waals surface area (Å²) in [6.45, 7) is 8.55. The van der Waals surface area contributed by atoms with Crippen LogP contribution in [0.2, 0.25) is 5.02 Å². The highest BCUT2D eigenvalue weighted by atomic mass is 35.5. The van der Waals surface area contributed by atoms with Crippen molar-refractivity contribution in [1.82, 2.24) is 14.8 Å². The van der Waals surface area contributed by atoms with Crippen LogP contribution in [0.1, 0.15) is 36.9 Å². The number of nitrogens with zero attached hydrogens (tertiary/aromatic N) is 3. The van der Waals surface area contributed by atoms with E-state index in [0.717, 1.165) is 22.6 Å². The van der Waals surface area contributed by atoms with Crippen molar-refractivity contribution in [3.05, 3.63) is 64.4 Å². The lowest BCUT2D eigenvalue weighted by Gasteiger charge is -2.16. The molecule has 0 saturated carbocycles. The molecule has 1 aromatic heterocycles. The average Bonchev–Trinajstić information content (AvgIpc) is 3.12. The highest BCUT2D eigenvalue weighted by Crippen LogP contribution is 2.27. The van der Waals surface area contributed by atoms with Crippen molar-refractivity contribution in [2.45, 2.75) is 45.5 Å². The Labute approximate surface area is 186 Å². The van der Waals surface area contributed by atoms with Crippen molar-refractivity contribution in [2.75, 3.05) is 11.1 Å². The molecule has 3 aromatic rings. The van der Waals surface area contributed by atoms with Gasteiger partial charge in [-0.1, -0.05) is 35.5 Å². The normalized spacial score (nSPS) is 11.9. The maximum atomic E-state index is 12.3. The zero-order chi connectivity index (χ0) is 21.7. The van der Waals surface area contributed by atoms with Crippen LogP contribution >= 0.6 is 23.4 Å². The predicted molar refractivity (Wildman–Crippen MR) is 121 cm³/mol. The first-order valence-electron chi connectivity index (χ1n) is 9.72. The summed E-state index contributed by atoms with van der Waals surface area (Å²) in [5.41, 5.74) is 2.84. The van der Waals surface area contributed by atoms with E-state index < -0.39 is 0 Å². The molecule has 1 atom stereocenters. The van der Waals surface area contributed by atoms with Gasteiger partial charge in [-0.3, -0.25) is 4.79 Å². The van der Waals surface area contributed by atoms with Gasteiger partial charge in [0.1, 0.15) is 5.75 Å². The molecule has 0 saturated heterocycles. The Kier molecular flexibility index (Phi) is 7.39. The summed E-state index contributed by atoms with van der Waals surface area (Å²) in [5, 5.41) is 12.9. The number of nitrogens with one attached hydrogen (secondary N) is 1. The fourth-order valence-electron chi connectivity index (χ4n) is 3.00. The quantitative estimate of drug-likeness (QED) is 0.468. The van der Waals surface area contributed by atoms with Crippen molar-refractivity contribution in [3.63, 3.8) is 0 Å². The average molecular weight is 445 g/mol. The first-order valence-corrected chi connectivity index (χ1v) is 11.1. The third-order valence-corrected chi connectivity index (χ3v) is 5.89. The molecule has 0 aliphatic carbocycles. The number of hydrogen-bond donors (Lipinski definition) is 1. The first kappa shape index (κ1) is 22.2. The summed E-state index contributed by atoms with van der Waals surface area (Å²) >= 11 is 7.44. The molecule has 8 heteroatoms. The van der Waals surface area contributed by atoms with E-state index in [4.69, 9.17) is 16.3 Å². The van der Waals surface area contributed by atoms with Crippen molar-refractivity contribution >= 4 is 35.0 Å². The SMILES string of the molecule is CCn1c(SCC(=O)Nc2cccc(C)c2)nnc1C(C)Oc1ccc(Cl)c(C)c1. The molecule has 1 unspecified atom stereocenters. The maximum Gasteiger partial charge on any atom is 0.234 e. The minimum absolute atomic E-state index is 0.0845. The minimum atomic E-state index is -0.298. The number of aryl methyl sites for hydroxylation is 2. The molecular weight excluding hydrogens is 420 g/mol. The third kappa shape index (κ3) is 5.55. The second-order valence-corrected chi connectivity index (χ2v) is 8.31. The number of carbonyl (C=O) groups is 1. The van der Waals surface area contributed by atoms with Gasteiger partial charge in [0.15, 0.2) is 17.1 Å². The lowest BCUT2D eigenvalue weighted by Crippen LogP contribution is -2.15. The Morgan fingerprint density at radius 1 is 1.23 bits per heavy atom. The van der Waals surface area contributed by atoms with Crippen molar-refractivity contribution in [1.29, 1.82) is 0 Å². The fraction of sp³-hybridized carbons (Fsp3) is 0.318. The van der Waals surface area contributed by atoms with E-state index in [1.54, 1.807) is 0 Å². The van der Waals surface area contributed by atoms with E-state index in [1.165, 1.54) is 11.8 Å². The number of hydrogen-bond acceptors (Lipinski definition) is 5. The Morgan fingerprint density at radius 3 is 2.73 bits per heavy atom. The Morgan fingerprint density at radius 2 is 2.03 bits per heavy atom. The van der Waals surface area contributed by atoms with Crippen LogP contribution in [0.3, 0.4) is 0 Å². The van der Waals surface area contributed by atoms with Crippen LogP contribution in [0.25, 0.3) is 0 Å². The number of halogens is 1. The van der Waals surface area contributed by atoms with E-state index in [2.05, 4.69) is 15.5 Å². The second-order valence-electron chi connectivity index (χ2n) is 6.96. The zero-order valence-electron chi connectivity index (χ0n) is 17.5. The molecule has 2 aromatic carbocycles. The number of anilines is 1. The minimum Gasteiger partial charge on any atom is -0.483 e. The van der Waals surface area contributed by atoms with Crippen LogP contribution in [-0.4, -0.2) is 26.4 Å². The van der Waals surface area contributed by atoms with Crippen molar-refractivity contribution in [2.24, 2.45) is 0 Å². The van der Waals surface area contributed by atoms with Crippen LogP contribution < -0.4 is 10.1 Å². The van der Waals surface area contributed by atoms with Gasteiger partial charge in [0.2, 0.25) is 5.91 Å². The molecule has 1 amide bonds. The highest BCUT2D eigenvalue weighted by molar-refractivity contribution is 7.99. The largest absolute Gasteiger partial charge is 0.483 e. The third-order valence-electron chi connectivity index (χ3n) is 4.50. The number of amides is 1. The Balaban J connectivity index is 1.64. The van der Waals surface area contributed by atoms with Gasteiger partial charge in [0.25, 0.3) is 0 Å². The van der Waals surface area contributed by atoms with Gasteiger partial charge in [-0.15, -0.1) is 10.2 Å². The zero-order valence-corrected chi connectivity index (χ0v) is 19.0. The molecule has 6 nitrogen and oxygen atoms in total. The molecule has 0 bridgehead atoms. The molecule has 0 aliphatic heterocycles. The number of thioether (sulfide) groups is 1. The van der Waals surface area contributed by atoms with Crippen LogP contribution in [-0.2, 0) is 11.3 Å². The van der Waals surface area contributed by atoms with E-state index >= 15 is 0 Å². The first-order chi connectivity index (χ1) is 14.4. The maximum absolute atomic E-state index is 12.3. The number of benzene rings is 2. The topological polar surface area (TPSA) is 69.0 Å². The molecule has 1 N–H and O–H groups in total. The summed E-state index contributed by atoms with van der Waals surface area (Å²) in [4.78, 5) is 12.3. The van der Waals surface area contributed by atoms with Gasteiger partial charge in [0, 0.05) is 17.3 Å². The van der Waals surface area contributed by atoms with E-state index in [1.807, 2.05) is 74.7 Å². The van der Waals surface area contributed by atoms with Crippen LogP contribution in [0.15, 0.2) is 47.6 Å². The van der Waals surface area contributed by atoms with Crippen LogP contribution in [0, 0.1) is 13.8 Å². The molecule has 1 heterocycles. The summed E-state index contributed by atoms with van der Waals surface area (Å²) in [6, 6.07) is 13.3. The summed E-state index contributed by atoms with van der Waals surface area (Å²) in [7, 11) is 0. The molecule has 30 heavy (non-hydrogen) atoms. The van der Waals surface area contributed by atoms with Gasteiger partial charge in [-0.05, 0) is 69.2 Å². The number of rotatable bonds is 8.